The largest absolute Gasteiger partial charge is 0.488 e. The molecule has 0 aliphatic rings. The van der Waals surface area contributed by atoms with Crippen LogP contribution in [0, 0.1) is 21.4 Å². The fourth-order valence-corrected chi connectivity index (χ4v) is 3.10. The van der Waals surface area contributed by atoms with E-state index in [2.05, 4.69) is 21.2 Å². The van der Waals surface area contributed by atoms with Crippen LogP contribution in [0.1, 0.15) is 11.1 Å². The first-order valence-electron chi connectivity index (χ1n) is 9.11. The number of nitriles is 1. The average molecular weight is 478 g/mol. The number of hydrogen-bond donors (Lipinski definition) is 1. The molecule has 0 aliphatic carbocycles. The first-order valence-corrected chi connectivity index (χ1v) is 9.90. The highest BCUT2D eigenvalue weighted by Crippen LogP contribution is 2.25. The number of nitro groups is 1. The lowest BCUT2D eigenvalue weighted by molar-refractivity contribution is -0.384. The van der Waals surface area contributed by atoms with E-state index in [1.165, 1.54) is 30.3 Å². The quantitative estimate of drug-likeness (QED) is 0.210. The second-order valence-corrected chi connectivity index (χ2v) is 7.20. The third kappa shape index (κ3) is 5.78. The molecule has 8 heteroatoms. The number of rotatable bonds is 7. The van der Waals surface area contributed by atoms with Gasteiger partial charge < -0.3 is 10.1 Å². The summed E-state index contributed by atoms with van der Waals surface area (Å²) in [7, 11) is 0. The third-order valence-electron chi connectivity index (χ3n) is 4.24. The maximum atomic E-state index is 12.5. The minimum absolute atomic E-state index is 0.161. The standard InChI is InChI=1S/C23H16BrN3O4/c24-21-10-3-1-7-17(21)15-31-22-11-4-2-6-16(22)12-18(14-25)23(28)26-19-8-5-9-20(13-19)27(29)30/h1-13H,15H2,(H,26,28)/b18-12+. The Hall–Kier alpha value is -3.96. The number of anilines is 1. The Labute approximate surface area is 186 Å². The minimum atomic E-state index is -0.677. The zero-order chi connectivity index (χ0) is 22.2. The number of nitro benzene ring substituents is 1. The van der Waals surface area contributed by atoms with Crippen molar-refractivity contribution in [3.05, 3.63) is 104 Å². The number of non-ortho nitro benzene ring substituents is 1. The summed E-state index contributed by atoms with van der Waals surface area (Å²) in [6.07, 6.45) is 1.42. The molecule has 154 valence electrons. The van der Waals surface area contributed by atoms with Crippen molar-refractivity contribution in [2.75, 3.05) is 5.32 Å². The van der Waals surface area contributed by atoms with Gasteiger partial charge in [-0.25, -0.2) is 0 Å². The summed E-state index contributed by atoms with van der Waals surface area (Å²) < 4.78 is 6.81. The molecule has 31 heavy (non-hydrogen) atoms. The number of carbonyl (C=O) groups excluding carboxylic acids is 1. The summed E-state index contributed by atoms with van der Waals surface area (Å²) in [5.74, 6) is -0.169. The van der Waals surface area contributed by atoms with Gasteiger partial charge in [-0.1, -0.05) is 58.4 Å². The molecule has 0 heterocycles. The first-order chi connectivity index (χ1) is 15.0. The van der Waals surface area contributed by atoms with Crippen LogP contribution in [-0.2, 0) is 11.4 Å². The Morgan fingerprint density at radius 1 is 1.13 bits per heavy atom. The Bertz CT molecular complexity index is 1200. The topological polar surface area (TPSA) is 105 Å². The fourth-order valence-electron chi connectivity index (χ4n) is 2.70. The van der Waals surface area contributed by atoms with Gasteiger partial charge in [-0.05, 0) is 24.3 Å². The predicted molar refractivity (Wildman–Crippen MR) is 120 cm³/mol. The van der Waals surface area contributed by atoms with Crippen LogP contribution >= 0.6 is 15.9 Å². The zero-order valence-corrected chi connectivity index (χ0v) is 17.7. The number of hydrogen-bond acceptors (Lipinski definition) is 5. The highest BCUT2D eigenvalue weighted by molar-refractivity contribution is 9.10. The van der Waals surface area contributed by atoms with Crippen LogP contribution in [-0.4, -0.2) is 10.8 Å². The summed E-state index contributed by atoms with van der Waals surface area (Å²) in [5.41, 5.74) is 1.40. The number of nitrogens with one attached hydrogen (secondary N) is 1. The fraction of sp³-hybridized carbons (Fsp3) is 0.0435. The van der Waals surface area contributed by atoms with Crippen LogP contribution in [0.5, 0.6) is 5.75 Å². The summed E-state index contributed by atoms with van der Waals surface area (Å²) in [6.45, 7) is 0.300. The molecule has 0 aliphatic heterocycles. The third-order valence-corrected chi connectivity index (χ3v) is 5.01. The van der Waals surface area contributed by atoms with Crippen LogP contribution in [0.15, 0.2) is 82.8 Å². The molecule has 0 fully saturated rings. The van der Waals surface area contributed by atoms with E-state index in [4.69, 9.17) is 4.74 Å². The molecule has 1 N–H and O–H groups in total. The number of benzene rings is 3. The Balaban J connectivity index is 1.80. The summed E-state index contributed by atoms with van der Waals surface area (Å²) >= 11 is 3.47. The van der Waals surface area contributed by atoms with E-state index >= 15 is 0 Å². The number of carbonyl (C=O) groups is 1. The molecule has 3 aromatic rings. The van der Waals surface area contributed by atoms with Crippen molar-refractivity contribution in [1.29, 1.82) is 5.26 Å². The maximum absolute atomic E-state index is 12.5. The van der Waals surface area contributed by atoms with E-state index in [9.17, 15) is 20.2 Å². The van der Waals surface area contributed by atoms with Gasteiger partial charge in [-0.3, -0.25) is 14.9 Å². The first kappa shape index (κ1) is 21.7. The van der Waals surface area contributed by atoms with Crippen molar-refractivity contribution >= 4 is 39.3 Å². The molecule has 0 unspecified atom stereocenters. The second kappa shape index (κ2) is 10.2. The van der Waals surface area contributed by atoms with Crippen LogP contribution < -0.4 is 10.1 Å². The molecule has 1 amide bonds. The summed E-state index contributed by atoms with van der Waals surface area (Å²) in [5, 5.41) is 22.9. The SMILES string of the molecule is N#C/C(=C\c1ccccc1OCc1ccccc1Br)C(=O)Nc1cccc([N+](=O)[O-])c1. The van der Waals surface area contributed by atoms with E-state index in [0.717, 1.165) is 10.0 Å². The van der Waals surface area contributed by atoms with Crippen molar-refractivity contribution in [3.8, 4) is 11.8 Å². The molecular weight excluding hydrogens is 462 g/mol. The van der Waals surface area contributed by atoms with Gasteiger partial charge in [0.25, 0.3) is 11.6 Å². The molecule has 0 saturated carbocycles. The molecule has 0 saturated heterocycles. The smallest absolute Gasteiger partial charge is 0.271 e. The van der Waals surface area contributed by atoms with Gasteiger partial charge in [0.05, 0.1) is 4.92 Å². The van der Waals surface area contributed by atoms with Crippen LogP contribution in [0.25, 0.3) is 6.08 Å². The van der Waals surface area contributed by atoms with Crippen molar-refractivity contribution < 1.29 is 14.5 Å². The Morgan fingerprint density at radius 2 is 1.87 bits per heavy atom. The minimum Gasteiger partial charge on any atom is -0.488 e. The lowest BCUT2D eigenvalue weighted by Gasteiger charge is -2.11. The molecule has 3 rings (SSSR count). The molecule has 0 atom stereocenters. The van der Waals surface area contributed by atoms with Crippen molar-refractivity contribution in [3.63, 3.8) is 0 Å². The molecule has 0 bridgehead atoms. The monoisotopic (exact) mass is 477 g/mol. The zero-order valence-electron chi connectivity index (χ0n) is 16.1. The van der Waals surface area contributed by atoms with Crippen LogP contribution in [0.4, 0.5) is 11.4 Å². The maximum Gasteiger partial charge on any atom is 0.271 e. The van der Waals surface area contributed by atoms with Crippen molar-refractivity contribution in [1.82, 2.24) is 0 Å². The van der Waals surface area contributed by atoms with Crippen LogP contribution in [0.2, 0.25) is 0 Å². The van der Waals surface area contributed by atoms with E-state index in [1.807, 2.05) is 30.3 Å². The average Bonchev–Trinajstić information content (AvgIpc) is 2.77. The van der Waals surface area contributed by atoms with E-state index < -0.39 is 10.8 Å². The van der Waals surface area contributed by atoms with Gasteiger partial charge in [-0.15, -0.1) is 0 Å². The van der Waals surface area contributed by atoms with E-state index in [0.29, 0.717) is 17.9 Å². The van der Waals surface area contributed by atoms with Crippen molar-refractivity contribution in [2.24, 2.45) is 0 Å². The van der Waals surface area contributed by atoms with Gasteiger partial charge in [0, 0.05) is 33.4 Å². The van der Waals surface area contributed by atoms with Gasteiger partial charge >= 0.3 is 0 Å². The molecular formula is C23H16BrN3O4. The molecule has 0 aromatic heterocycles. The number of halogens is 1. The summed E-state index contributed by atoms with van der Waals surface area (Å²) in [4.78, 5) is 22.9. The Morgan fingerprint density at radius 3 is 2.61 bits per heavy atom. The Kier molecular flexibility index (Phi) is 7.14. The number of nitrogens with zero attached hydrogens (tertiary/aromatic N) is 2. The number of para-hydroxylation sites is 1. The van der Waals surface area contributed by atoms with E-state index in [-0.39, 0.29) is 16.9 Å². The molecule has 0 spiro atoms. The number of ether oxygens (including phenoxy) is 1. The molecule has 3 aromatic carbocycles. The van der Waals surface area contributed by atoms with Gasteiger partial charge in [0.1, 0.15) is 24.0 Å². The van der Waals surface area contributed by atoms with Crippen LogP contribution in [0.3, 0.4) is 0 Å². The van der Waals surface area contributed by atoms with Gasteiger partial charge in [0.2, 0.25) is 0 Å². The lowest BCUT2D eigenvalue weighted by atomic mass is 10.1. The van der Waals surface area contributed by atoms with Gasteiger partial charge in [-0.2, -0.15) is 5.26 Å². The normalized spacial score (nSPS) is 10.8. The molecule has 0 radical (unpaired) electrons. The highest BCUT2D eigenvalue weighted by Gasteiger charge is 2.13. The second-order valence-electron chi connectivity index (χ2n) is 6.35. The van der Waals surface area contributed by atoms with Crippen molar-refractivity contribution in [2.45, 2.75) is 6.61 Å². The lowest BCUT2D eigenvalue weighted by Crippen LogP contribution is -2.13. The molecule has 7 nitrogen and oxygen atoms in total. The summed E-state index contributed by atoms with van der Waals surface area (Å²) in [6, 6.07) is 22.1. The van der Waals surface area contributed by atoms with E-state index in [1.54, 1.807) is 24.3 Å². The number of amides is 1. The predicted octanol–water partition coefficient (Wildman–Crippen LogP) is 5.48. The highest BCUT2D eigenvalue weighted by atomic mass is 79.9. The van der Waals surface area contributed by atoms with Gasteiger partial charge in [0.15, 0.2) is 0 Å².